The molecule has 1 heterocycles. The lowest BCUT2D eigenvalue weighted by Gasteiger charge is -2.16. The van der Waals surface area contributed by atoms with Crippen molar-refractivity contribution in [1.29, 1.82) is 0 Å². The first kappa shape index (κ1) is 16.1. The average Bonchev–Trinajstić information content (AvgIpc) is 2.62. The molecule has 0 atom stereocenters. The fourth-order valence-corrected chi connectivity index (χ4v) is 2.88. The summed E-state index contributed by atoms with van der Waals surface area (Å²) in [5, 5.41) is 10.4. The standard InChI is InChI=1S/C21H21NO2/c1-2-3-14-18-20(23)15-19(16-10-6-4-7-11-16)22(21(18)24)17-12-8-5-9-13-17/h4-13,15,23H,2-3,14H2,1H3. The van der Waals surface area contributed by atoms with Crippen LogP contribution in [0.4, 0.5) is 0 Å². The molecule has 0 unspecified atom stereocenters. The predicted octanol–water partition coefficient (Wildman–Crippen LogP) is 4.55. The van der Waals surface area contributed by atoms with Crippen molar-refractivity contribution in [2.24, 2.45) is 0 Å². The molecule has 0 aliphatic carbocycles. The van der Waals surface area contributed by atoms with Gasteiger partial charge in [0.2, 0.25) is 0 Å². The number of nitrogens with zero attached hydrogens (tertiary/aromatic N) is 1. The van der Waals surface area contributed by atoms with Crippen LogP contribution < -0.4 is 5.56 Å². The fraction of sp³-hybridized carbons (Fsp3) is 0.190. The van der Waals surface area contributed by atoms with Crippen LogP contribution in [0.25, 0.3) is 16.9 Å². The molecule has 0 saturated carbocycles. The number of hydrogen-bond acceptors (Lipinski definition) is 2. The summed E-state index contributed by atoms with van der Waals surface area (Å²) in [6.45, 7) is 2.07. The van der Waals surface area contributed by atoms with Gasteiger partial charge in [-0.15, -0.1) is 0 Å². The third kappa shape index (κ3) is 3.11. The maximum atomic E-state index is 13.1. The van der Waals surface area contributed by atoms with E-state index in [1.807, 2.05) is 60.7 Å². The van der Waals surface area contributed by atoms with Crippen molar-refractivity contribution >= 4 is 0 Å². The van der Waals surface area contributed by atoms with Gasteiger partial charge in [0.25, 0.3) is 5.56 Å². The SMILES string of the molecule is CCCCc1c(O)cc(-c2ccccc2)n(-c2ccccc2)c1=O. The number of aromatic nitrogens is 1. The Bertz CT molecular complexity index is 868. The third-order valence-corrected chi connectivity index (χ3v) is 4.15. The van der Waals surface area contributed by atoms with E-state index in [0.29, 0.717) is 17.7 Å². The van der Waals surface area contributed by atoms with Gasteiger partial charge in [0.1, 0.15) is 5.75 Å². The van der Waals surface area contributed by atoms with Gasteiger partial charge in [0.05, 0.1) is 11.3 Å². The van der Waals surface area contributed by atoms with Gasteiger partial charge >= 0.3 is 0 Å². The Hall–Kier alpha value is -2.81. The highest BCUT2D eigenvalue weighted by Crippen LogP contribution is 2.27. The summed E-state index contributed by atoms with van der Waals surface area (Å²) in [5.74, 6) is 0.0829. The van der Waals surface area contributed by atoms with Crippen LogP contribution in [0.15, 0.2) is 71.5 Å². The van der Waals surface area contributed by atoms with Crippen LogP contribution >= 0.6 is 0 Å². The molecule has 3 nitrogen and oxygen atoms in total. The largest absolute Gasteiger partial charge is 0.507 e. The van der Waals surface area contributed by atoms with Crippen LogP contribution in [0.3, 0.4) is 0 Å². The van der Waals surface area contributed by atoms with E-state index in [4.69, 9.17) is 0 Å². The van der Waals surface area contributed by atoms with E-state index >= 15 is 0 Å². The summed E-state index contributed by atoms with van der Waals surface area (Å²) >= 11 is 0. The van der Waals surface area contributed by atoms with Crippen LogP contribution in [0, 0.1) is 0 Å². The highest BCUT2D eigenvalue weighted by atomic mass is 16.3. The van der Waals surface area contributed by atoms with Crippen molar-refractivity contribution < 1.29 is 5.11 Å². The van der Waals surface area contributed by atoms with E-state index < -0.39 is 0 Å². The van der Waals surface area contributed by atoms with Gasteiger partial charge in [0.15, 0.2) is 0 Å². The highest BCUT2D eigenvalue weighted by molar-refractivity contribution is 5.65. The summed E-state index contributed by atoms with van der Waals surface area (Å²) in [5.41, 5.74) is 2.74. The number of benzene rings is 2. The summed E-state index contributed by atoms with van der Waals surface area (Å²) in [7, 11) is 0. The zero-order valence-electron chi connectivity index (χ0n) is 13.8. The molecule has 0 aliphatic heterocycles. The minimum atomic E-state index is -0.145. The van der Waals surface area contributed by atoms with Gasteiger partial charge in [-0.05, 0) is 30.5 Å². The lowest BCUT2D eigenvalue weighted by Crippen LogP contribution is -2.24. The van der Waals surface area contributed by atoms with Crippen LogP contribution in [0.2, 0.25) is 0 Å². The zero-order chi connectivity index (χ0) is 16.9. The van der Waals surface area contributed by atoms with Gasteiger partial charge in [-0.25, -0.2) is 0 Å². The molecule has 1 aromatic heterocycles. The van der Waals surface area contributed by atoms with Crippen LogP contribution in [-0.2, 0) is 6.42 Å². The quantitative estimate of drug-likeness (QED) is 0.749. The van der Waals surface area contributed by atoms with Crippen molar-refractivity contribution in [3.05, 3.63) is 82.6 Å². The van der Waals surface area contributed by atoms with Gasteiger partial charge in [0, 0.05) is 11.8 Å². The summed E-state index contributed by atoms with van der Waals surface area (Å²) in [6.07, 6.45) is 2.44. The summed E-state index contributed by atoms with van der Waals surface area (Å²) in [4.78, 5) is 13.1. The van der Waals surface area contributed by atoms with Crippen molar-refractivity contribution in [2.45, 2.75) is 26.2 Å². The van der Waals surface area contributed by atoms with Gasteiger partial charge in [-0.3, -0.25) is 9.36 Å². The number of pyridine rings is 1. The number of rotatable bonds is 5. The summed E-state index contributed by atoms with van der Waals surface area (Å²) < 4.78 is 1.69. The monoisotopic (exact) mass is 319 g/mol. The molecule has 0 saturated heterocycles. The minimum absolute atomic E-state index is 0.0829. The first-order chi connectivity index (χ1) is 11.7. The zero-order valence-corrected chi connectivity index (χ0v) is 13.8. The van der Waals surface area contributed by atoms with Crippen LogP contribution in [0.5, 0.6) is 5.75 Å². The topological polar surface area (TPSA) is 42.2 Å². The molecular weight excluding hydrogens is 298 g/mol. The van der Waals surface area contributed by atoms with Crippen molar-refractivity contribution in [1.82, 2.24) is 4.57 Å². The molecule has 3 aromatic rings. The van der Waals surface area contributed by atoms with Crippen LogP contribution in [-0.4, -0.2) is 9.67 Å². The van der Waals surface area contributed by atoms with Gasteiger partial charge in [-0.2, -0.15) is 0 Å². The Labute approximate surface area is 141 Å². The Morgan fingerprint density at radius 1 is 0.958 bits per heavy atom. The second-order valence-electron chi connectivity index (χ2n) is 5.84. The molecule has 0 aliphatic rings. The molecule has 3 rings (SSSR count). The fourth-order valence-electron chi connectivity index (χ4n) is 2.88. The molecule has 2 aromatic carbocycles. The van der Waals surface area contributed by atoms with E-state index in [1.54, 1.807) is 10.6 Å². The predicted molar refractivity (Wildman–Crippen MR) is 97.8 cm³/mol. The molecule has 0 amide bonds. The molecule has 24 heavy (non-hydrogen) atoms. The first-order valence-corrected chi connectivity index (χ1v) is 8.31. The van der Waals surface area contributed by atoms with E-state index in [2.05, 4.69) is 6.92 Å². The molecule has 3 heteroatoms. The van der Waals surface area contributed by atoms with Crippen molar-refractivity contribution in [3.63, 3.8) is 0 Å². The van der Waals surface area contributed by atoms with E-state index in [-0.39, 0.29) is 11.3 Å². The Morgan fingerprint density at radius 3 is 2.21 bits per heavy atom. The van der Waals surface area contributed by atoms with Crippen molar-refractivity contribution in [3.8, 4) is 22.7 Å². The second-order valence-corrected chi connectivity index (χ2v) is 5.84. The average molecular weight is 319 g/mol. The lowest BCUT2D eigenvalue weighted by atomic mass is 10.0. The van der Waals surface area contributed by atoms with Gasteiger partial charge in [-0.1, -0.05) is 61.9 Å². The normalized spacial score (nSPS) is 10.7. The maximum Gasteiger partial charge on any atom is 0.262 e. The smallest absolute Gasteiger partial charge is 0.262 e. The Kier molecular flexibility index (Phi) is 4.80. The molecule has 1 N–H and O–H groups in total. The molecule has 0 radical (unpaired) electrons. The minimum Gasteiger partial charge on any atom is -0.507 e. The number of aromatic hydroxyl groups is 1. The van der Waals surface area contributed by atoms with Crippen LogP contribution in [0.1, 0.15) is 25.3 Å². The number of para-hydroxylation sites is 1. The lowest BCUT2D eigenvalue weighted by molar-refractivity contribution is 0.464. The highest BCUT2D eigenvalue weighted by Gasteiger charge is 2.16. The van der Waals surface area contributed by atoms with Crippen molar-refractivity contribution in [2.75, 3.05) is 0 Å². The number of hydrogen-bond donors (Lipinski definition) is 1. The Morgan fingerprint density at radius 2 is 1.58 bits per heavy atom. The van der Waals surface area contributed by atoms with E-state index in [9.17, 15) is 9.90 Å². The number of unbranched alkanes of at least 4 members (excludes halogenated alkanes) is 1. The Balaban J connectivity index is 2.28. The van der Waals surface area contributed by atoms with E-state index in [0.717, 1.165) is 24.1 Å². The third-order valence-electron chi connectivity index (χ3n) is 4.15. The maximum absolute atomic E-state index is 13.1. The van der Waals surface area contributed by atoms with E-state index in [1.165, 1.54) is 0 Å². The molecular formula is C21H21NO2. The molecule has 122 valence electrons. The summed E-state index contributed by atoms with van der Waals surface area (Å²) in [6, 6.07) is 21.0. The second kappa shape index (κ2) is 7.18. The molecule has 0 fully saturated rings. The molecule has 0 spiro atoms. The van der Waals surface area contributed by atoms with Gasteiger partial charge < -0.3 is 5.11 Å². The molecule has 0 bridgehead atoms. The first-order valence-electron chi connectivity index (χ1n) is 8.31.